The highest BCUT2D eigenvalue weighted by atomic mass is 16.5. The number of nitriles is 1. The van der Waals surface area contributed by atoms with Gasteiger partial charge in [-0.1, -0.05) is 6.92 Å². The van der Waals surface area contributed by atoms with Crippen LogP contribution in [-0.2, 0) is 4.74 Å². The zero-order valence-corrected chi connectivity index (χ0v) is 10.6. The molecule has 0 bridgehead atoms. The molecule has 0 amide bonds. The predicted octanol–water partition coefficient (Wildman–Crippen LogP) is 0.989. The van der Waals surface area contributed by atoms with E-state index >= 15 is 0 Å². The fraction of sp³-hybridized carbons (Fsp3) is 0.917. The van der Waals surface area contributed by atoms with Crippen molar-refractivity contribution in [2.24, 2.45) is 0 Å². The van der Waals surface area contributed by atoms with Crippen LogP contribution in [0, 0.1) is 11.3 Å². The summed E-state index contributed by atoms with van der Waals surface area (Å²) in [7, 11) is 2.10. The van der Waals surface area contributed by atoms with Crippen LogP contribution in [0.5, 0.6) is 0 Å². The summed E-state index contributed by atoms with van der Waals surface area (Å²) in [5, 5.41) is 12.4. The summed E-state index contributed by atoms with van der Waals surface area (Å²) >= 11 is 0. The van der Waals surface area contributed by atoms with Crippen molar-refractivity contribution in [3.8, 4) is 6.07 Å². The van der Waals surface area contributed by atoms with E-state index in [0.29, 0.717) is 6.04 Å². The number of nitrogens with one attached hydrogen (secondary N) is 1. The molecule has 1 N–H and O–H groups in total. The molecular weight excluding hydrogens is 202 g/mol. The van der Waals surface area contributed by atoms with Crippen molar-refractivity contribution >= 4 is 0 Å². The number of likely N-dealkylation sites (N-methyl/N-ethyl adjacent to an activating group) is 2. The van der Waals surface area contributed by atoms with Crippen LogP contribution in [0.2, 0.25) is 0 Å². The van der Waals surface area contributed by atoms with Gasteiger partial charge in [-0.3, -0.25) is 5.32 Å². The fourth-order valence-corrected chi connectivity index (χ4v) is 2.27. The SMILES string of the molecule is CCNC(C)(C#N)CN(C)C1CCOCC1. The third-order valence-corrected chi connectivity index (χ3v) is 3.19. The highest BCUT2D eigenvalue weighted by Crippen LogP contribution is 2.15. The highest BCUT2D eigenvalue weighted by Gasteiger charge is 2.28. The Hall–Kier alpha value is -0.630. The molecule has 1 saturated heterocycles. The molecule has 1 aliphatic rings. The summed E-state index contributed by atoms with van der Waals surface area (Å²) in [6.45, 7) is 7.28. The van der Waals surface area contributed by atoms with Crippen LogP contribution in [0.25, 0.3) is 0 Å². The lowest BCUT2D eigenvalue weighted by molar-refractivity contribution is 0.0378. The lowest BCUT2D eigenvalue weighted by Crippen LogP contribution is -2.52. The smallest absolute Gasteiger partial charge is 0.116 e. The van der Waals surface area contributed by atoms with Crippen molar-refractivity contribution in [3.05, 3.63) is 0 Å². The molecule has 0 aromatic rings. The van der Waals surface area contributed by atoms with E-state index in [-0.39, 0.29) is 0 Å². The van der Waals surface area contributed by atoms with Gasteiger partial charge in [-0.2, -0.15) is 5.26 Å². The van der Waals surface area contributed by atoms with Crippen molar-refractivity contribution in [2.75, 3.05) is 33.4 Å². The Balaban J connectivity index is 2.47. The molecule has 0 spiro atoms. The average Bonchev–Trinajstić information content (AvgIpc) is 2.30. The number of nitrogens with zero attached hydrogens (tertiary/aromatic N) is 2. The Morgan fingerprint density at radius 3 is 2.62 bits per heavy atom. The van der Waals surface area contributed by atoms with Crippen molar-refractivity contribution in [2.45, 2.75) is 38.3 Å². The largest absolute Gasteiger partial charge is 0.381 e. The molecular formula is C12H23N3O. The first-order valence-electron chi connectivity index (χ1n) is 6.05. The normalized spacial score (nSPS) is 21.7. The third kappa shape index (κ3) is 3.75. The fourth-order valence-electron chi connectivity index (χ4n) is 2.27. The van der Waals surface area contributed by atoms with Crippen molar-refractivity contribution < 1.29 is 4.74 Å². The Labute approximate surface area is 98.6 Å². The molecule has 0 aliphatic carbocycles. The summed E-state index contributed by atoms with van der Waals surface area (Å²) in [5.74, 6) is 0. The summed E-state index contributed by atoms with van der Waals surface area (Å²) in [5.41, 5.74) is -0.443. The Bertz CT molecular complexity index is 245. The van der Waals surface area contributed by atoms with E-state index in [1.54, 1.807) is 0 Å². The van der Waals surface area contributed by atoms with Crippen LogP contribution in [0.3, 0.4) is 0 Å². The molecule has 1 fully saturated rings. The van der Waals surface area contributed by atoms with Gasteiger partial charge in [0.05, 0.1) is 6.07 Å². The minimum Gasteiger partial charge on any atom is -0.381 e. The van der Waals surface area contributed by atoms with E-state index in [1.165, 1.54) is 0 Å². The molecule has 0 saturated carbocycles. The maximum atomic E-state index is 9.20. The van der Waals surface area contributed by atoms with Crippen LogP contribution in [0.15, 0.2) is 0 Å². The van der Waals surface area contributed by atoms with Crippen LogP contribution in [-0.4, -0.2) is 49.8 Å². The molecule has 0 aromatic carbocycles. The van der Waals surface area contributed by atoms with Gasteiger partial charge in [0, 0.05) is 25.8 Å². The second-order valence-corrected chi connectivity index (χ2v) is 4.73. The first kappa shape index (κ1) is 13.4. The van der Waals surface area contributed by atoms with Crippen LogP contribution >= 0.6 is 0 Å². The minimum atomic E-state index is -0.443. The van der Waals surface area contributed by atoms with Gasteiger partial charge < -0.3 is 9.64 Å². The molecule has 16 heavy (non-hydrogen) atoms. The molecule has 1 rings (SSSR count). The maximum Gasteiger partial charge on any atom is 0.116 e. The van der Waals surface area contributed by atoms with E-state index in [0.717, 1.165) is 39.1 Å². The Kier molecular flexibility index (Phi) is 5.20. The zero-order valence-electron chi connectivity index (χ0n) is 10.6. The van der Waals surface area contributed by atoms with E-state index < -0.39 is 5.54 Å². The van der Waals surface area contributed by atoms with E-state index in [1.807, 2.05) is 13.8 Å². The standard InChI is InChI=1S/C12H23N3O/c1-4-14-12(2,9-13)10-15(3)11-5-7-16-8-6-11/h11,14H,4-8,10H2,1-3H3. The highest BCUT2D eigenvalue weighted by molar-refractivity contribution is 5.05. The van der Waals surface area contributed by atoms with Gasteiger partial charge >= 0.3 is 0 Å². The molecule has 1 aliphatic heterocycles. The molecule has 0 aromatic heterocycles. The monoisotopic (exact) mass is 225 g/mol. The van der Waals surface area contributed by atoms with Gasteiger partial charge in [0.1, 0.15) is 5.54 Å². The summed E-state index contributed by atoms with van der Waals surface area (Å²) in [6, 6.07) is 2.92. The van der Waals surface area contributed by atoms with E-state index in [2.05, 4.69) is 23.3 Å². The number of hydrogen-bond donors (Lipinski definition) is 1. The van der Waals surface area contributed by atoms with Gasteiger partial charge in [0.15, 0.2) is 0 Å². The van der Waals surface area contributed by atoms with Gasteiger partial charge in [-0.05, 0) is 33.4 Å². The van der Waals surface area contributed by atoms with Gasteiger partial charge in [-0.25, -0.2) is 0 Å². The van der Waals surface area contributed by atoms with E-state index in [9.17, 15) is 5.26 Å². The van der Waals surface area contributed by atoms with Crippen molar-refractivity contribution in [1.29, 1.82) is 5.26 Å². The molecule has 4 heteroatoms. The van der Waals surface area contributed by atoms with Gasteiger partial charge in [0.25, 0.3) is 0 Å². The molecule has 4 nitrogen and oxygen atoms in total. The first-order valence-corrected chi connectivity index (χ1v) is 6.05. The average molecular weight is 225 g/mol. The second-order valence-electron chi connectivity index (χ2n) is 4.73. The quantitative estimate of drug-likeness (QED) is 0.758. The molecule has 92 valence electrons. The van der Waals surface area contributed by atoms with E-state index in [4.69, 9.17) is 4.74 Å². The zero-order chi connectivity index (χ0) is 12.0. The van der Waals surface area contributed by atoms with Crippen LogP contribution in [0.4, 0.5) is 0 Å². The Morgan fingerprint density at radius 2 is 2.12 bits per heavy atom. The summed E-state index contributed by atoms with van der Waals surface area (Å²) in [6.07, 6.45) is 2.15. The molecule has 1 unspecified atom stereocenters. The topological polar surface area (TPSA) is 48.3 Å². The Morgan fingerprint density at radius 1 is 1.50 bits per heavy atom. The lowest BCUT2D eigenvalue weighted by atomic mass is 10.0. The molecule has 1 heterocycles. The second kappa shape index (κ2) is 6.19. The lowest BCUT2D eigenvalue weighted by Gasteiger charge is -2.35. The van der Waals surface area contributed by atoms with Gasteiger partial charge in [-0.15, -0.1) is 0 Å². The van der Waals surface area contributed by atoms with Crippen molar-refractivity contribution in [1.82, 2.24) is 10.2 Å². The number of ether oxygens (including phenoxy) is 1. The number of rotatable bonds is 5. The summed E-state index contributed by atoms with van der Waals surface area (Å²) in [4.78, 5) is 2.29. The van der Waals surface area contributed by atoms with Crippen LogP contribution < -0.4 is 5.32 Å². The minimum absolute atomic E-state index is 0.443. The third-order valence-electron chi connectivity index (χ3n) is 3.19. The van der Waals surface area contributed by atoms with Gasteiger partial charge in [0.2, 0.25) is 0 Å². The molecule has 0 radical (unpaired) electrons. The van der Waals surface area contributed by atoms with Crippen molar-refractivity contribution in [3.63, 3.8) is 0 Å². The molecule has 1 atom stereocenters. The first-order chi connectivity index (χ1) is 7.61. The number of hydrogen-bond acceptors (Lipinski definition) is 4. The maximum absolute atomic E-state index is 9.20. The predicted molar refractivity (Wildman–Crippen MR) is 64.2 cm³/mol. The summed E-state index contributed by atoms with van der Waals surface area (Å²) < 4.78 is 5.35. The van der Waals surface area contributed by atoms with Crippen LogP contribution in [0.1, 0.15) is 26.7 Å².